The first kappa shape index (κ1) is 16.5. The fourth-order valence-corrected chi connectivity index (χ4v) is 3.50. The van der Waals surface area contributed by atoms with E-state index in [-0.39, 0.29) is 11.9 Å². The van der Waals surface area contributed by atoms with E-state index in [9.17, 15) is 4.79 Å². The Balaban J connectivity index is 1.84. The molecule has 1 unspecified atom stereocenters. The summed E-state index contributed by atoms with van der Waals surface area (Å²) in [6.07, 6.45) is 4.04. The molecular formula is C20H21NO2S. The Bertz CT molecular complexity index is 759. The van der Waals surface area contributed by atoms with E-state index in [0.717, 1.165) is 16.9 Å². The second-order valence-corrected chi connectivity index (χ2v) is 7.25. The van der Waals surface area contributed by atoms with Crippen LogP contribution in [0.15, 0.2) is 64.8 Å². The first-order valence-electron chi connectivity index (χ1n) is 8.09. The van der Waals surface area contributed by atoms with Crippen LogP contribution in [-0.4, -0.2) is 5.91 Å². The highest BCUT2D eigenvalue weighted by atomic mass is 32.1. The van der Waals surface area contributed by atoms with E-state index in [4.69, 9.17) is 4.42 Å². The van der Waals surface area contributed by atoms with Gasteiger partial charge in [-0.2, -0.15) is 0 Å². The molecule has 24 heavy (non-hydrogen) atoms. The van der Waals surface area contributed by atoms with Crippen molar-refractivity contribution in [2.24, 2.45) is 5.92 Å². The van der Waals surface area contributed by atoms with Gasteiger partial charge < -0.3 is 9.73 Å². The van der Waals surface area contributed by atoms with Gasteiger partial charge in [0.05, 0.1) is 17.9 Å². The van der Waals surface area contributed by atoms with Crippen molar-refractivity contribution in [1.82, 2.24) is 5.32 Å². The highest BCUT2D eigenvalue weighted by molar-refractivity contribution is 7.10. The summed E-state index contributed by atoms with van der Waals surface area (Å²) in [6, 6.07) is 14.1. The first-order valence-corrected chi connectivity index (χ1v) is 8.96. The van der Waals surface area contributed by atoms with E-state index in [1.54, 1.807) is 17.4 Å². The zero-order valence-electron chi connectivity index (χ0n) is 13.9. The second kappa shape index (κ2) is 7.49. The number of benzene rings is 1. The molecule has 0 saturated carbocycles. The zero-order valence-corrected chi connectivity index (χ0v) is 14.7. The normalized spacial score (nSPS) is 12.3. The maximum Gasteiger partial charge on any atom is 0.255 e. The Morgan fingerprint density at radius 1 is 1.17 bits per heavy atom. The predicted octanol–water partition coefficient (Wildman–Crippen LogP) is 5.06. The number of rotatable bonds is 6. The number of carbonyl (C=O) groups is 1. The average Bonchev–Trinajstić information content (AvgIpc) is 3.26. The lowest BCUT2D eigenvalue weighted by Gasteiger charge is -2.18. The molecule has 0 aliphatic rings. The van der Waals surface area contributed by atoms with Crippen LogP contribution < -0.4 is 5.32 Å². The van der Waals surface area contributed by atoms with Gasteiger partial charge in [0, 0.05) is 4.88 Å². The van der Waals surface area contributed by atoms with Gasteiger partial charge in [0.25, 0.3) is 5.91 Å². The van der Waals surface area contributed by atoms with E-state index >= 15 is 0 Å². The maximum atomic E-state index is 12.4. The summed E-state index contributed by atoms with van der Waals surface area (Å²) in [5, 5.41) is 5.14. The molecule has 1 aromatic carbocycles. The lowest BCUT2D eigenvalue weighted by molar-refractivity contribution is 0.0943. The summed E-state index contributed by atoms with van der Waals surface area (Å²) in [5.41, 5.74) is 2.94. The van der Waals surface area contributed by atoms with Crippen molar-refractivity contribution in [2.45, 2.75) is 26.3 Å². The molecule has 3 aromatic rings. The quantitative estimate of drug-likeness (QED) is 0.682. The molecule has 2 aromatic heterocycles. The van der Waals surface area contributed by atoms with Gasteiger partial charge in [-0.3, -0.25) is 4.79 Å². The SMILES string of the molecule is CC(C)Cc1ccc(C(NC(=O)c2ccoc2)c2cccs2)cc1. The second-order valence-electron chi connectivity index (χ2n) is 6.27. The fourth-order valence-electron chi connectivity index (χ4n) is 2.70. The third-order valence-electron chi connectivity index (χ3n) is 3.84. The molecule has 0 bridgehead atoms. The highest BCUT2D eigenvalue weighted by Gasteiger charge is 2.19. The third-order valence-corrected chi connectivity index (χ3v) is 4.78. The van der Waals surface area contributed by atoms with E-state index in [2.05, 4.69) is 43.4 Å². The third kappa shape index (κ3) is 3.95. The van der Waals surface area contributed by atoms with Crippen LogP contribution in [0.5, 0.6) is 0 Å². The summed E-state index contributed by atoms with van der Waals surface area (Å²) in [4.78, 5) is 13.5. The molecule has 4 heteroatoms. The average molecular weight is 339 g/mol. The van der Waals surface area contributed by atoms with Gasteiger partial charge in [0.15, 0.2) is 0 Å². The Labute approximate surface area is 146 Å². The number of amides is 1. The molecule has 124 valence electrons. The van der Waals surface area contributed by atoms with Crippen molar-refractivity contribution in [3.63, 3.8) is 0 Å². The number of carbonyl (C=O) groups excluding carboxylic acids is 1. The molecular weight excluding hydrogens is 318 g/mol. The van der Waals surface area contributed by atoms with Crippen LogP contribution in [0.2, 0.25) is 0 Å². The molecule has 1 N–H and O–H groups in total. The summed E-state index contributed by atoms with van der Waals surface area (Å²) < 4.78 is 5.01. The van der Waals surface area contributed by atoms with Crippen LogP contribution in [0.4, 0.5) is 0 Å². The van der Waals surface area contributed by atoms with Gasteiger partial charge in [0.1, 0.15) is 6.26 Å². The number of hydrogen-bond donors (Lipinski definition) is 1. The minimum Gasteiger partial charge on any atom is -0.472 e. The summed E-state index contributed by atoms with van der Waals surface area (Å²) in [6.45, 7) is 4.43. The van der Waals surface area contributed by atoms with Crippen LogP contribution >= 0.6 is 11.3 Å². The topological polar surface area (TPSA) is 42.2 Å². The van der Waals surface area contributed by atoms with E-state index in [0.29, 0.717) is 11.5 Å². The van der Waals surface area contributed by atoms with Crippen LogP contribution in [-0.2, 0) is 6.42 Å². The van der Waals surface area contributed by atoms with Gasteiger partial charge in [-0.05, 0) is 41.0 Å². The Kier molecular flexibility index (Phi) is 5.16. The van der Waals surface area contributed by atoms with Crippen molar-refractivity contribution in [3.8, 4) is 0 Å². The van der Waals surface area contributed by atoms with Crippen molar-refractivity contribution in [1.29, 1.82) is 0 Å². The molecule has 0 spiro atoms. The maximum absolute atomic E-state index is 12.4. The fraction of sp³-hybridized carbons (Fsp3) is 0.250. The largest absolute Gasteiger partial charge is 0.472 e. The van der Waals surface area contributed by atoms with Crippen LogP contribution in [0.1, 0.15) is 46.3 Å². The predicted molar refractivity (Wildman–Crippen MR) is 97.3 cm³/mol. The summed E-state index contributed by atoms with van der Waals surface area (Å²) >= 11 is 1.64. The van der Waals surface area contributed by atoms with Gasteiger partial charge in [0.2, 0.25) is 0 Å². The number of furan rings is 1. The van der Waals surface area contributed by atoms with Crippen molar-refractivity contribution >= 4 is 17.2 Å². The van der Waals surface area contributed by atoms with Gasteiger partial charge >= 0.3 is 0 Å². The number of thiophene rings is 1. The molecule has 0 aliphatic heterocycles. The molecule has 0 saturated heterocycles. The van der Waals surface area contributed by atoms with Crippen LogP contribution in [0, 0.1) is 5.92 Å². The molecule has 0 fully saturated rings. The molecule has 1 atom stereocenters. The monoisotopic (exact) mass is 339 g/mol. The highest BCUT2D eigenvalue weighted by Crippen LogP contribution is 2.27. The Morgan fingerprint density at radius 2 is 1.96 bits per heavy atom. The lowest BCUT2D eigenvalue weighted by atomic mass is 9.98. The standard InChI is InChI=1S/C20H21NO2S/c1-14(2)12-15-5-7-16(8-6-15)19(18-4-3-11-24-18)21-20(22)17-9-10-23-13-17/h3-11,13-14,19H,12H2,1-2H3,(H,21,22). The minimum atomic E-state index is -0.152. The van der Waals surface area contributed by atoms with E-state index in [1.807, 2.05) is 17.5 Å². The van der Waals surface area contributed by atoms with Crippen LogP contribution in [0.3, 0.4) is 0 Å². The van der Waals surface area contributed by atoms with Crippen molar-refractivity contribution in [3.05, 3.63) is 81.9 Å². The minimum absolute atomic E-state index is 0.131. The van der Waals surface area contributed by atoms with E-state index in [1.165, 1.54) is 18.1 Å². The number of nitrogens with one attached hydrogen (secondary N) is 1. The Hall–Kier alpha value is -2.33. The molecule has 3 nitrogen and oxygen atoms in total. The molecule has 0 radical (unpaired) electrons. The summed E-state index contributed by atoms with van der Waals surface area (Å²) in [5.74, 6) is 0.498. The zero-order chi connectivity index (χ0) is 16.9. The van der Waals surface area contributed by atoms with Gasteiger partial charge in [-0.1, -0.05) is 44.2 Å². The molecule has 3 rings (SSSR count). The molecule has 1 amide bonds. The number of hydrogen-bond acceptors (Lipinski definition) is 3. The van der Waals surface area contributed by atoms with Crippen molar-refractivity contribution < 1.29 is 9.21 Å². The first-order chi connectivity index (χ1) is 11.6. The van der Waals surface area contributed by atoms with Gasteiger partial charge in [-0.25, -0.2) is 0 Å². The lowest BCUT2D eigenvalue weighted by Crippen LogP contribution is -2.28. The molecule has 0 aliphatic carbocycles. The van der Waals surface area contributed by atoms with Crippen molar-refractivity contribution in [2.75, 3.05) is 0 Å². The smallest absolute Gasteiger partial charge is 0.255 e. The van der Waals surface area contributed by atoms with E-state index < -0.39 is 0 Å². The van der Waals surface area contributed by atoms with Crippen LogP contribution in [0.25, 0.3) is 0 Å². The molecule has 2 heterocycles. The van der Waals surface area contributed by atoms with Gasteiger partial charge in [-0.15, -0.1) is 11.3 Å². The Morgan fingerprint density at radius 3 is 2.54 bits per heavy atom. The summed E-state index contributed by atoms with van der Waals surface area (Å²) in [7, 11) is 0.